The zero-order chi connectivity index (χ0) is 33.6. The Bertz CT molecular complexity index is 1510. The van der Waals surface area contributed by atoms with E-state index < -0.39 is 43.2 Å². The van der Waals surface area contributed by atoms with Gasteiger partial charge in [0, 0.05) is 48.6 Å². The normalized spacial score (nSPS) is 14.1. The Hall–Kier alpha value is -4.99. The van der Waals surface area contributed by atoms with Crippen molar-refractivity contribution in [3.63, 3.8) is 0 Å². The van der Waals surface area contributed by atoms with Crippen molar-refractivity contribution >= 4 is 48.6 Å². The smallest absolute Gasteiger partial charge is 0.480 e. The highest BCUT2D eigenvalue weighted by Crippen LogP contribution is 2.21. The molecule has 1 aromatic heterocycles. The summed E-state index contributed by atoms with van der Waals surface area (Å²) in [4.78, 5) is 59.3. The summed E-state index contributed by atoms with van der Waals surface area (Å²) in [6.45, 7) is 3.96. The van der Waals surface area contributed by atoms with Crippen LogP contribution in [0, 0.1) is 5.92 Å². The lowest BCUT2D eigenvalue weighted by molar-refractivity contribution is -0.166. The maximum Gasteiger partial charge on any atom is 0.631 e. The summed E-state index contributed by atoms with van der Waals surface area (Å²) in [6.07, 6.45) is 7.34. The molecule has 4 rings (SSSR count). The number of aliphatic carboxylic acids is 1. The van der Waals surface area contributed by atoms with E-state index >= 15 is 0 Å². The number of fused-ring (bicyclic) bond motifs is 1. The molecule has 0 aliphatic carbocycles. The largest absolute Gasteiger partial charge is 0.631 e. The van der Waals surface area contributed by atoms with E-state index in [0.29, 0.717) is 6.41 Å². The van der Waals surface area contributed by atoms with Crippen LogP contribution in [0.15, 0.2) is 78.2 Å². The van der Waals surface area contributed by atoms with Crippen molar-refractivity contribution in [1.82, 2.24) is 25.6 Å². The number of nitrogens with zero attached hydrogens (tertiary/aromatic N) is 3. The molecule has 2 aromatic carbocycles. The van der Waals surface area contributed by atoms with E-state index in [1.165, 1.54) is 16.2 Å². The third-order valence-corrected chi connectivity index (χ3v) is 7.06. The summed E-state index contributed by atoms with van der Waals surface area (Å²) in [6, 6.07) is 13.5. The maximum atomic E-state index is 14.3. The van der Waals surface area contributed by atoms with Gasteiger partial charge >= 0.3 is 13.3 Å². The third-order valence-electron chi connectivity index (χ3n) is 7.06. The average molecular weight is 634 g/mol. The standard InChI is InChI=1S/C31H36N6O5.BH3O3/c1-21(2)16-28(31(41)42)37(36-14-12-32-13-15-36)30(40)27(17-22-8-4-3-5-9-22)35-29(39)26(34-20-38)18-23-19-33-25-11-7-6-10-24(23)25;2-1(3)4/h3-14,19-21,26-28,33H,15-18H2,1-2H3,(H,34,38)(H,35,39)(H,41,42);2-4H/t26-,27-,28-;/m0./s1. The molecule has 14 nitrogen and oxygen atoms in total. The fraction of sp³-hybridized carbons (Fsp3) is 0.323. The topological polar surface area (TPSA) is 208 Å². The average Bonchev–Trinajstić information content (AvgIpc) is 3.43. The lowest BCUT2D eigenvalue weighted by Gasteiger charge is -2.40. The number of aromatic nitrogens is 1. The van der Waals surface area contributed by atoms with Gasteiger partial charge in [-0.2, -0.15) is 0 Å². The number of carbonyl (C=O) groups excluding carboxylic acids is 3. The van der Waals surface area contributed by atoms with Gasteiger partial charge in [-0.1, -0.05) is 62.4 Å². The molecule has 1 aliphatic rings. The molecule has 1 aliphatic heterocycles. The summed E-state index contributed by atoms with van der Waals surface area (Å²) < 4.78 is 0. The van der Waals surface area contributed by atoms with Crippen LogP contribution in [0.3, 0.4) is 0 Å². The Morgan fingerprint density at radius 3 is 2.33 bits per heavy atom. The van der Waals surface area contributed by atoms with Gasteiger partial charge in [-0.05, 0) is 29.5 Å². The molecule has 0 spiro atoms. The van der Waals surface area contributed by atoms with Crippen LogP contribution in [0.25, 0.3) is 10.9 Å². The van der Waals surface area contributed by atoms with Gasteiger partial charge in [0.25, 0.3) is 5.91 Å². The highest BCUT2D eigenvalue weighted by atomic mass is 16.5. The number of aromatic amines is 1. The van der Waals surface area contributed by atoms with Gasteiger partial charge in [-0.3, -0.25) is 24.4 Å². The molecule has 3 aromatic rings. The second-order valence-electron chi connectivity index (χ2n) is 10.9. The first-order chi connectivity index (χ1) is 22.0. The molecule has 0 fully saturated rings. The van der Waals surface area contributed by atoms with Gasteiger partial charge in [0.1, 0.15) is 12.1 Å². The molecular weight excluding hydrogens is 595 g/mol. The molecule has 46 heavy (non-hydrogen) atoms. The Morgan fingerprint density at radius 1 is 1.04 bits per heavy atom. The molecule has 0 saturated heterocycles. The number of hydrogen-bond donors (Lipinski definition) is 7. The summed E-state index contributed by atoms with van der Waals surface area (Å²) in [5, 5.41) is 40.8. The SMILES string of the molecule is CC(C)C[C@@H](C(=O)O)N(C(=O)[C@H](Cc1ccccc1)NC(=O)[C@H](Cc1c[nH]c2ccccc12)NC=O)N1C=CN=CC1.OB(O)O. The number of para-hydroxylation sites is 1. The van der Waals surface area contributed by atoms with E-state index in [0.717, 1.165) is 22.0 Å². The van der Waals surface area contributed by atoms with Gasteiger partial charge in [0.15, 0.2) is 6.04 Å². The first kappa shape index (κ1) is 35.5. The maximum absolute atomic E-state index is 14.3. The fourth-order valence-electron chi connectivity index (χ4n) is 5.05. The zero-order valence-electron chi connectivity index (χ0n) is 25.6. The highest BCUT2D eigenvalue weighted by Gasteiger charge is 2.39. The van der Waals surface area contributed by atoms with E-state index in [1.54, 1.807) is 18.6 Å². The van der Waals surface area contributed by atoms with Crippen molar-refractivity contribution in [3.8, 4) is 0 Å². The molecule has 2 heterocycles. The van der Waals surface area contributed by atoms with Crippen molar-refractivity contribution in [2.45, 2.75) is 51.2 Å². The van der Waals surface area contributed by atoms with Crippen LogP contribution in [0.1, 0.15) is 31.4 Å². The number of nitrogens with one attached hydrogen (secondary N) is 3. The monoisotopic (exact) mass is 634 g/mol. The predicted octanol–water partition coefficient (Wildman–Crippen LogP) is 0.601. The van der Waals surface area contributed by atoms with Crippen molar-refractivity contribution in [2.75, 3.05) is 6.54 Å². The molecule has 7 N–H and O–H groups in total. The summed E-state index contributed by atoms with van der Waals surface area (Å²) in [5.41, 5.74) is 2.50. The number of hydrogen-bond acceptors (Lipinski definition) is 9. The van der Waals surface area contributed by atoms with E-state index in [1.807, 2.05) is 68.4 Å². The van der Waals surface area contributed by atoms with Crippen molar-refractivity contribution in [1.29, 1.82) is 0 Å². The molecule has 0 saturated carbocycles. The number of H-pyrrole nitrogens is 1. The lowest BCUT2D eigenvalue weighted by atomic mass is 10.00. The van der Waals surface area contributed by atoms with E-state index in [4.69, 9.17) is 15.1 Å². The zero-order valence-corrected chi connectivity index (χ0v) is 25.6. The molecule has 15 heteroatoms. The summed E-state index contributed by atoms with van der Waals surface area (Å²) in [7, 11) is -2.17. The Labute approximate surface area is 266 Å². The van der Waals surface area contributed by atoms with Crippen LogP contribution < -0.4 is 10.6 Å². The molecule has 0 unspecified atom stereocenters. The van der Waals surface area contributed by atoms with Crippen molar-refractivity contribution in [3.05, 3.63) is 84.3 Å². The first-order valence-electron chi connectivity index (χ1n) is 14.7. The van der Waals surface area contributed by atoms with Crippen LogP contribution in [0.2, 0.25) is 0 Å². The number of carboxylic acid groups (broad SMARTS) is 1. The second-order valence-corrected chi connectivity index (χ2v) is 10.9. The van der Waals surface area contributed by atoms with Gasteiger partial charge in [0.05, 0.1) is 6.54 Å². The lowest BCUT2D eigenvalue weighted by Crippen LogP contribution is -2.61. The number of hydrazine groups is 1. The van der Waals surface area contributed by atoms with E-state index in [2.05, 4.69) is 20.6 Å². The number of carbonyl (C=O) groups is 4. The quantitative estimate of drug-likeness (QED) is 0.0978. The molecule has 0 radical (unpaired) electrons. The predicted molar refractivity (Wildman–Crippen MR) is 172 cm³/mol. The van der Waals surface area contributed by atoms with Crippen LogP contribution in [-0.2, 0) is 32.0 Å². The number of carboxylic acids is 1. The number of amides is 3. The van der Waals surface area contributed by atoms with Crippen LogP contribution in [-0.4, -0.2) is 97.6 Å². The number of benzene rings is 2. The number of rotatable bonds is 14. The first-order valence-corrected chi connectivity index (χ1v) is 14.7. The summed E-state index contributed by atoms with van der Waals surface area (Å²) >= 11 is 0. The van der Waals surface area contributed by atoms with Crippen LogP contribution in [0.5, 0.6) is 0 Å². The van der Waals surface area contributed by atoms with Gasteiger partial charge in [0.2, 0.25) is 12.3 Å². The summed E-state index contributed by atoms with van der Waals surface area (Å²) in [5.74, 6) is -2.33. The van der Waals surface area contributed by atoms with Crippen LogP contribution in [0.4, 0.5) is 0 Å². The van der Waals surface area contributed by atoms with Gasteiger partial charge in [-0.25, -0.2) is 9.80 Å². The minimum absolute atomic E-state index is 0.0247. The molecule has 3 atom stereocenters. The molecule has 244 valence electrons. The minimum atomic E-state index is -2.17. The van der Waals surface area contributed by atoms with Crippen molar-refractivity contribution < 1.29 is 39.4 Å². The number of aliphatic imine (C=N–C) groups is 1. The van der Waals surface area contributed by atoms with Crippen molar-refractivity contribution in [2.24, 2.45) is 10.9 Å². The Morgan fingerprint density at radius 2 is 1.72 bits per heavy atom. The van der Waals surface area contributed by atoms with Crippen LogP contribution >= 0.6 is 0 Å². The fourth-order valence-corrected chi connectivity index (χ4v) is 5.05. The second kappa shape index (κ2) is 17.5. The Kier molecular flexibility index (Phi) is 13.5. The minimum Gasteiger partial charge on any atom is -0.480 e. The highest BCUT2D eigenvalue weighted by molar-refractivity contribution is 6.30. The third kappa shape index (κ3) is 10.3. The van der Waals surface area contributed by atoms with Gasteiger partial charge in [-0.15, -0.1) is 0 Å². The van der Waals surface area contributed by atoms with Gasteiger partial charge < -0.3 is 35.8 Å². The van der Waals surface area contributed by atoms with E-state index in [9.17, 15) is 24.3 Å². The van der Waals surface area contributed by atoms with E-state index in [-0.39, 0.29) is 31.7 Å². The Balaban J connectivity index is 0.00000136. The molecule has 0 bridgehead atoms. The molecular formula is C31H39BN6O8. The molecule has 3 amide bonds.